The number of rotatable bonds is 3. The topological polar surface area (TPSA) is 59.9 Å². The Hall–Kier alpha value is -0.830. The molecule has 0 radical (unpaired) electrons. The molecule has 0 spiro atoms. The van der Waals surface area contributed by atoms with Gasteiger partial charge in [-0.1, -0.05) is 18.2 Å². The molecule has 0 aliphatic heterocycles. The normalized spacial score (nSPS) is 24.0. The molecule has 2 rings (SSSR count). The summed E-state index contributed by atoms with van der Waals surface area (Å²) in [5.74, 6) is 0. The van der Waals surface area contributed by atoms with Crippen LogP contribution in [0.3, 0.4) is 0 Å². The minimum absolute atomic E-state index is 0.0453. The maximum Gasteiger partial charge on any atom is 0.433 e. The van der Waals surface area contributed by atoms with Gasteiger partial charge >= 0.3 is 6.18 Å². The number of hydrogen-bond donors (Lipinski definition) is 0. The first-order valence-electron chi connectivity index (χ1n) is 6.42. The summed E-state index contributed by atoms with van der Waals surface area (Å²) in [6.07, 6.45) is 0.327. The Balaban J connectivity index is 2.08. The van der Waals surface area contributed by atoms with Gasteiger partial charge in [0.25, 0.3) is 0 Å². The van der Waals surface area contributed by atoms with Crippen LogP contribution in [0.2, 0.25) is 0 Å². The van der Waals surface area contributed by atoms with Crippen molar-refractivity contribution >= 4 is 21.6 Å². The van der Waals surface area contributed by atoms with Gasteiger partial charge in [-0.2, -0.15) is 13.2 Å². The maximum absolute atomic E-state index is 12.6. The Morgan fingerprint density at radius 2 is 2.05 bits per heavy atom. The molecule has 1 aromatic rings. The van der Waals surface area contributed by atoms with Crippen molar-refractivity contribution in [2.75, 3.05) is 6.26 Å². The van der Waals surface area contributed by atoms with Crippen molar-refractivity contribution in [2.45, 2.75) is 47.5 Å². The molecule has 118 valence electrons. The van der Waals surface area contributed by atoms with Crippen molar-refractivity contribution in [3.63, 3.8) is 0 Å². The van der Waals surface area contributed by atoms with Crippen molar-refractivity contribution in [2.24, 2.45) is 0 Å². The van der Waals surface area contributed by atoms with Crippen LogP contribution >= 0.6 is 11.8 Å². The van der Waals surface area contributed by atoms with E-state index in [1.54, 1.807) is 0 Å². The molecule has 0 saturated heterocycles. The summed E-state index contributed by atoms with van der Waals surface area (Å²) in [6, 6.07) is 0.824. The molecule has 0 bridgehead atoms. The van der Waals surface area contributed by atoms with Gasteiger partial charge in [-0.3, -0.25) is 0 Å². The third-order valence-corrected chi connectivity index (χ3v) is 6.19. The second kappa shape index (κ2) is 6.12. The molecule has 1 heterocycles. The minimum Gasteiger partial charge on any atom is -0.231 e. The molecule has 21 heavy (non-hydrogen) atoms. The quantitative estimate of drug-likeness (QED) is 0.792. The first-order valence-corrected chi connectivity index (χ1v) is 9.25. The van der Waals surface area contributed by atoms with Crippen LogP contribution in [0.25, 0.3) is 0 Å². The smallest absolute Gasteiger partial charge is 0.231 e. The lowest BCUT2D eigenvalue weighted by Crippen LogP contribution is -2.28. The monoisotopic (exact) mass is 340 g/mol. The highest BCUT2D eigenvalue weighted by molar-refractivity contribution is 7.99. The van der Waals surface area contributed by atoms with Gasteiger partial charge in [0.2, 0.25) is 0 Å². The highest BCUT2D eigenvalue weighted by Gasteiger charge is 2.34. The first kappa shape index (κ1) is 16.5. The number of thioether (sulfide) groups is 1. The first-order chi connectivity index (χ1) is 9.66. The van der Waals surface area contributed by atoms with Crippen molar-refractivity contribution in [1.29, 1.82) is 0 Å². The molecule has 0 unspecified atom stereocenters. The van der Waals surface area contributed by atoms with Crippen LogP contribution < -0.4 is 0 Å². The summed E-state index contributed by atoms with van der Waals surface area (Å²) < 4.78 is 60.9. The molecule has 1 aromatic heterocycles. The van der Waals surface area contributed by atoms with Crippen LogP contribution in [-0.4, -0.2) is 35.1 Å². The van der Waals surface area contributed by atoms with E-state index in [4.69, 9.17) is 0 Å². The summed E-state index contributed by atoms with van der Waals surface area (Å²) in [5, 5.41) is -0.444. The van der Waals surface area contributed by atoms with E-state index in [-0.39, 0.29) is 10.4 Å². The Kier molecular flexibility index (Phi) is 4.82. The van der Waals surface area contributed by atoms with Crippen LogP contribution in [0.5, 0.6) is 0 Å². The van der Waals surface area contributed by atoms with Crippen molar-refractivity contribution in [1.82, 2.24) is 9.97 Å². The summed E-state index contributed by atoms with van der Waals surface area (Å²) in [7, 11) is -3.12. The molecule has 0 N–H and O–H groups in total. The van der Waals surface area contributed by atoms with Gasteiger partial charge in [-0.15, -0.1) is 0 Å². The van der Waals surface area contributed by atoms with E-state index in [1.807, 2.05) is 0 Å². The lowest BCUT2D eigenvalue weighted by Gasteiger charge is -2.26. The van der Waals surface area contributed by atoms with Crippen LogP contribution in [0.4, 0.5) is 13.2 Å². The fraction of sp³-hybridized carbons (Fsp3) is 0.667. The molecule has 1 saturated carbocycles. The number of sulfone groups is 1. The van der Waals surface area contributed by atoms with Gasteiger partial charge in [0, 0.05) is 17.7 Å². The molecule has 4 nitrogen and oxygen atoms in total. The van der Waals surface area contributed by atoms with E-state index in [9.17, 15) is 21.6 Å². The van der Waals surface area contributed by atoms with Gasteiger partial charge in [-0.25, -0.2) is 18.4 Å². The second-order valence-corrected chi connectivity index (χ2v) is 8.67. The zero-order chi connectivity index (χ0) is 15.7. The highest BCUT2D eigenvalue weighted by Crippen LogP contribution is 2.35. The second-order valence-electron chi connectivity index (χ2n) is 5.08. The van der Waals surface area contributed by atoms with Crippen LogP contribution in [0.15, 0.2) is 17.4 Å². The van der Waals surface area contributed by atoms with Gasteiger partial charge in [-0.05, 0) is 25.3 Å². The molecule has 1 fully saturated rings. The van der Waals surface area contributed by atoms with Gasteiger partial charge in [0.05, 0.1) is 5.25 Å². The molecule has 0 amide bonds. The fourth-order valence-electron chi connectivity index (χ4n) is 2.30. The lowest BCUT2D eigenvalue weighted by atomic mass is 10.00. The molecule has 1 aliphatic carbocycles. The van der Waals surface area contributed by atoms with Crippen LogP contribution in [0, 0.1) is 0 Å². The van der Waals surface area contributed by atoms with Gasteiger partial charge in [0.15, 0.2) is 5.16 Å². The van der Waals surface area contributed by atoms with Crippen LogP contribution in [0.1, 0.15) is 31.4 Å². The number of nitrogens with zero attached hydrogens (tertiary/aromatic N) is 2. The number of aromatic nitrogens is 2. The Labute approximate surface area is 125 Å². The number of alkyl halides is 3. The van der Waals surface area contributed by atoms with E-state index in [2.05, 4.69) is 9.97 Å². The summed E-state index contributed by atoms with van der Waals surface area (Å²) >= 11 is 1.13. The largest absolute Gasteiger partial charge is 0.433 e. The molecule has 2 atom stereocenters. The Bertz CT molecular complexity index is 605. The van der Waals surface area contributed by atoms with E-state index < -0.39 is 27.0 Å². The van der Waals surface area contributed by atoms with Gasteiger partial charge in [0.1, 0.15) is 15.5 Å². The highest BCUT2D eigenvalue weighted by atomic mass is 32.2. The molecular weight excluding hydrogens is 325 g/mol. The standard InChI is InChI=1S/C12H15F3N2O2S2/c1-21(18,19)9-4-2-3-8(7-9)20-11-16-6-5-10(17-11)12(13,14)15/h5-6,8-9H,2-4,7H2,1H3/t8-,9+/m0/s1. The predicted octanol–water partition coefficient (Wildman–Crippen LogP) is 2.94. The summed E-state index contributed by atoms with van der Waals surface area (Å²) in [4.78, 5) is 7.34. The van der Waals surface area contributed by atoms with Crippen molar-refractivity contribution in [3.8, 4) is 0 Å². The SMILES string of the molecule is CS(=O)(=O)[C@@H]1CCC[C@H](Sc2nccc(C(F)(F)F)n2)C1. The average molecular weight is 340 g/mol. The predicted molar refractivity (Wildman–Crippen MR) is 73.8 cm³/mol. The summed E-state index contributed by atoms with van der Waals surface area (Å²) in [6.45, 7) is 0. The lowest BCUT2D eigenvalue weighted by molar-refractivity contribution is -0.141. The summed E-state index contributed by atoms with van der Waals surface area (Å²) in [5.41, 5.74) is -0.976. The van der Waals surface area contributed by atoms with E-state index in [0.29, 0.717) is 12.8 Å². The number of hydrogen-bond acceptors (Lipinski definition) is 5. The maximum atomic E-state index is 12.6. The zero-order valence-electron chi connectivity index (χ0n) is 11.3. The van der Waals surface area contributed by atoms with Crippen LogP contribution in [-0.2, 0) is 16.0 Å². The third-order valence-electron chi connectivity index (χ3n) is 3.38. The van der Waals surface area contributed by atoms with E-state index >= 15 is 0 Å². The average Bonchev–Trinajstić information content (AvgIpc) is 2.37. The Morgan fingerprint density at radius 3 is 2.67 bits per heavy atom. The molecular formula is C12H15F3N2O2S2. The van der Waals surface area contributed by atoms with Gasteiger partial charge < -0.3 is 0 Å². The minimum atomic E-state index is -4.50. The molecule has 9 heteroatoms. The van der Waals surface area contributed by atoms with E-state index in [0.717, 1.165) is 36.9 Å². The van der Waals surface area contributed by atoms with Crippen molar-refractivity contribution < 1.29 is 21.6 Å². The molecule has 1 aliphatic rings. The molecule has 0 aromatic carbocycles. The fourth-order valence-corrected chi connectivity index (χ4v) is 4.79. The zero-order valence-corrected chi connectivity index (χ0v) is 12.9. The number of halogens is 3. The third kappa shape index (κ3) is 4.57. The van der Waals surface area contributed by atoms with E-state index in [1.165, 1.54) is 6.26 Å². The van der Waals surface area contributed by atoms with Crippen molar-refractivity contribution in [3.05, 3.63) is 18.0 Å². The Morgan fingerprint density at radius 1 is 1.33 bits per heavy atom.